The van der Waals surface area contributed by atoms with E-state index in [1.807, 2.05) is 36.2 Å². The molecule has 2 rings (SSSR count). The second-order valence-corrected chi connectivity index (χ2v) is 3.99. The van der Waals surface area contributed by atoms with Crippen molar-refractivity contribution in [3.8, 4) is 5.75 Å². The summed E-state index contributed by atoms with van der Waals surface area (Å²) in [6, 6.07) is 8.43. The molecule has 0 aliphatic rings. The summed E-state index contributed by atoms with van der Waals surface area (Å²) in [4.78, 5) is 6.19. The highest BCUT2D eigenvalue weighted by atomic mass is 16.5. The first-order valence-electron chi connectivity index (χ1n) is 5.72. The number of nitrogens with zero attached hydrogens (tertiary/aromatic N) is 2. The van der Waals surface area contributed by atoms with Crippen molar-refractivity contribution in [1.29, 1.82) is 0 Å². The lowest BCUT2D eigenvalue weighted by Crippen LogP contribution is -2.17. The van der Waals surface area contributed by atoms with Crippen LogP contribution in [-0.2, 0) is 13.1 Å². The maximum atomic E-state index is 5.50. The number of hydrogen-bond donors (Lipinski definition) is 1. The summed E-state index contributed by atoms with van der Waals surface area (Å²) in [5, 5.41) is 0. The Labute approximate surface area is 106 Å². The van der Waals surface area contributed by atoms with Gasteiger partial charge in [0.05, 0.1) is 19.3 Å². The van der Waals surface area contributed by atoms with E-state index in [1.54, 1.807) is 13.4 Å². The fourth-order valence-corrected chi connectivity index (χ4v) is 1.72. The van der Waals surface area contributed by atoms with Crippen LogP contribution in [0.2, 0.25) is 0 Å². The van der Waals surface area contributed by atoms with E-state index in [1.165, 1.54) is 0 Å². The molecule has 0 unspecified atom stereocenters. The average Bonchev–Trinajstić information content (AvgIpc) is 2.88. The van der Waals surface area contributed by atoms with E-state index >= 15 is 0 Å². The van der Waals surface area contributed by atoms with Crippen molar-refractivity contribution < 1.29 is 9.15 Å². The highest BCUT2D eigenvalue weighted by Gasteiger charge is 2.11. The van der Waals surface area contributed by atoms with Crippen LogP contribution >= 0.6 is 0 Å². The van der Waals surface area contributed by atoms with Gasteiger partial charge in [-0.3, -0.25) is 0 Å². The molecule has 0 bridgehead atoms. The lowest BCUT2D eigenvalue weighted by Gasteiger charge is -2.16. The van der Waals surface area contributed by atoms with Crippen molar-refractivity contribution in [3.63, 3.8) is 0 Å². The van der Waals surface area contributed by atoms with E-state index in [0.29, 0.717) is 19.1 Å². The third kappa shape index (κ3) is 2.62. The number of oxazole rings is 1. The summed E-state index contributed by atoms with van der Waals surface area (Å²) in [5.74, 6) is 0.856. The predicted octanol–water partition coefficient (Wildman–Crippen LogP) is 1.78. The Morgan fingerprint density at radius 2 is 2.17 bits per heavy atom. The van der Waals surface area contributed by atoms with Gasteiger partial charge >= 0.3 is 0 Å². The molecule has 1 aromatic carbocycles. The van der Waals surface area contributed by atoms with E-state index < -0.39 is 0 Å². The number of rotatable bonds is 5. The molecule has 18 heavy (non-hydrogen) atoms. The highest BCUT2D eigenvalue weighted by molar-refractivity contribution is 5.37. The van der Waals surface area contributed by atoms with Crippen molar-refractivity contribution in [1.82, 2.24) is 4.98 Å². The summed E-state index contributed by atoms with van der Waals surface area (Å²) in [6.45, 7) is 1.04. The van der Waals surface area contributed by atoms with Gasteiger partial charge in [0.15, 0.2) is 0 Å². The Morgan fingerprint density at radius 3 is 2.83 bits per heavy atom. The fraction of sp³-hybridized carbons (Fsp3) is 0.308. The molecule has 0 spiro atoms. The lowest BCUT2D eigenvalue weighted by molar-refractivity contribution is 0.409. The molecular weight excluding hydrogens is 230 g/mol. The van der Waals surface area contributed by atoms with Crippen LogP contribution in [-0.4, -0.2) is 19.1 Å². The second kappa shape index (κ2) is 5.55. The average molecular weight is 247 g/mol. The van der Waals surface area contributed by atoms with Gasteiger partial charge in [-0.1, -0.05) is 18.2 Å². The monoisotopic (exact) mass is 247 g/mol. The number of benzene rings is 1. The molecule has 2 aromatic rings. The van der Waals surface area contributed by atoms with Gasteiger partial charge in [-0.2, -0.15) is 4.98 Å². The third-order valence-electron chi connectivity index (χ3n) is 2.68. The third-order valence-corrected chi connectivity index (χ3v) is 2.68. The largest absolute Gasteiger partial charge is 0.496 e. The molecule has 2 N–H and O–H groups in total. The van der Waals surface area contributed by atoms with Crippen molar-refractivity contribution in [2.24, 2.45) is 5.73 Å². The first kappa shape index (κ1) is 12.4. The quantitative estimate of drug-likeness (QED) is 0.872. The van der Waals surface area contributed by atoms with Crippen LogP contribution in [0.3, 0.4) is 0 Å². The van der Waals surface area contributed by atoms with Crippen LogP contribution in [0.1, 0.15) is 11.3 Å². The fourth-order valence-electron chi connectivity index (χ4n) is 1.72. The summed E-state index contributed by atoms with van der Waals surface area (Å²) in [6.07, 6.45) is 1.58. The van der Waals surface area contributed by atoms with Crippen molar-refractivity contribution >= 4 is 6.01 Å². The Balaban J connectivity index is 2.13. The molecule has 5 nitrogen and oxygen atoms in total. The molecular formula is C13H17N3O2. The maximum Gasteiger partial charge on any atom is 0.297 e. The van der Waals surface area contributed by atoms with E-state index in [9.17, 15) is 0 Å². The minimum atomic E-state index is 0.381. The molecule has 0 fully saturated rings. The molecule has 1 aromatic heterocycles. The standard InChI is InChI=1S/C13H17N3O2/c1-16(13-15-11(7-14)9-18-13)8-10-5-3-4-6-12(10)17-2/h3-6,9H,7-8,14H2,1-2H3. The highest BCUT2D eigenvalue weighted by Crippen LogP contribution is 2.21. The molecule has 0 amide bonds. The first-order chi connectivity index (χ1) is 8.74. The molecule has 0 radical (unpaired) electrons. The van der Waals surface area contributed by atoms with Gasteiger partial charge in [-0.05, 0) is 6.07 Å². The van der Waals surface area contributed by atoms with Crippen molar-refractivity contribution in [3.05, 3.63) is 41.8 Å². The SMILES string of the molecule is COc1ccccc1CN(C)c1nc(CN)co1. The van der Waals surface area contributed by atoms with Crippen LogP contribution in [0, 0.1) is 0 Å². The smallest absolute Gasteiger partial charge is 0.297 e. The summed E-state index contributed by atoms with van der Waals surface area (Å²) in [5.41, 5.74) is 7.33. The van der Waals surface area contributed by atoms with E-state index in [-0.39, 0.29) is 0 Å². The Kier molecular flexibility index (Phi) is 3.84. The normalized spacial score (nSPS) is 10.4. The molecule has 0 aliphatic heterocycles. The molecule has 0 atom stereocenters. The number of anilines is 1. The second-order valence-electron chi connectivity index (χ2n) is 3.99. The predicted molar refractivity (Wildman–Crippen MR) is 69.5 cm³/mol. The lowest BCUT2D eigenvalue weighted by atomic mass is 10.2. The zero-order valence-corrected chi connectivity index (χ0v) is 10.6. The first-order valence-corrected chi connectivity index (χ1v) is 5.72. The van der Waals surface area contributed by atoms with Gasteiger partial charge in [0.25, 0.3) is 6.01 Å². The topological polar surface area (TPSA) is 64.5 Å². The van der Waals surface area contributed by atoms with Crippen LogP contribution in [0.5, 0.6) is 5.75 Å². The van der Waals surface area contributed by atoms with Gasteiger partial charge in [0.1, 0.15) is 12.0 Å². The molecule has 5 heteroatoms. The van der Waals surface area contributed by atoms with Gasteiger partial charge in [-0.25, -0.2) is 0 Å². The number of para-hydroxylation sites is 1. The Morgan fingerprint density at radius 1 is 1.39 bits per heavy atom. The number of hydrogen-bond acceptors (Lipinski definition) is 5. The number of nitrogens with two attached hydrogens (primary N) is 1. The molecule has 0 saturated heterocycles. The van der Waals surface area contributed by atoms with Crippen LogP contribution in [0.15, 0.2) is 34.9 Å². The zero-order chi connectivity index (χ0) is 13.0. The van der Waals surface area contributed by atoms with E-state index in [2.05, 4.69) is 4.98 Å². The number of methoxy groups -OCH3 is 1. The summed E-state index contributed by atoms with van der Waals surface area (Å²) < 4.78 is 10.7. The van der Waals surface area contributed by atoms with Crippen LogP contribution in [0.4, 0.5) is 6.01 Å². The van der Waals surface area contributed by atoms with E-state index in [0.717, 1.165) is 17.0 Å². The molecule has 1 heterocycles. The molecule has 96 valence electrons. The zero-order valence-electron chi connectivity index (χ0n) is 10.6. The van der Waals surface area contributed by atoms with Crippen molar-refractivity contribution in [2.45, 2.75) is 13.1 Å². The van der Waals surface area contributed by atoms with Gasteiger partial charge in [0.2, 0.25) is 0 Å². The van der Waals surface area contributed by atoms with Gasteiger partial charge in [0, 0.05) is 19.2 Å². The summed E-state index contributed by atoms with van der Waals surface area (Å²) >= 11 is 0. The van der Waals surface area contributed by atoms with Crippen LogP contribution in [0.25, 0.3) is 0 Å². The Bertz CT molecular complexity index is 510. The summed E-state index contributed by atoms with van der Waals surface area (Å²) in [7, 11) is 3.58. The Hall–Kier alpha value is -2.01. The minimum Gasteiger partial charge on any atom is -0.496 e. The minimum absolute atomic E-state index is 0.381. The van der Waals surface area contributed by atoms with Gasteiger partial charge in [-0.15, -0.1) is 0 Å². The van der Waals surface area contributed by atoms with Crippen LogP contribution < -0.4 is 15.4 Å². The van der Waals surface area contributed by atoms with Gasteiger partial charge < -0.3 is 19.8 Å². The number of aromatic nitrogens is 1. The molecule has 0 aliphatic carbocycles. The maximum absolute atomic E-state index is 5.50. The van der Waals surface area contributed by atoms with Crippen molar-refractivity contribution in [2.75, 3.05) is 19.1 Å². The number of ether oxygens (including phenoxy) is 1. The molecule has 0 saturated carbocycles. The van der Waals surface area contributed by atoms with E-state index in [4.69, 9.17) is 14.9 Å².